The van der Waals surface area contributed by atoms with Gasteiger partial charge in [0, 0.05) is 23.8 Å². The number of halogens is 2. The van der Waals surface area contributed by atoms with Gasteiger partial charge in [0.25, 0.3) is 0 Å². The molecule has 0 radical (unpaired) electrons. The van der Waals surface area contributed by atoms with Crippen molar-refractivity contribution in [1.29, 1.82) is 0 Å². The number of nitrogens with one attached hydrogen (secondary N) is 1. The van der Waals surface area contributed by atoms with Gasteiger partial charge in [0.1, 0.15) is 5.82 Å². The lowest BCUT2D eigenvalue weighted by Crippen LogP contribution is -2.17. The molecule has 1 heterocycles. The van der Waals surface area contributed by atoms with Crippen LogP contribution in [0.25, 0.3) is 0 Å². The Kier molecular flexibility index (Phi) is 4.83. The van der Waals surface area contributed by atoms with E-state index < -0.39 is 0 Å². The maximum absolute atomic E-state index is 13.0. The van der Waals surface area contributed by atoms with E-state index in [9.17, 15) is 4.39 Å². The number of aromatic nitrogens is 3. The minimum absolute atomic E-state index is 0.211. The molecule has 1 N–H and O–H groups in total. The Bertz CT molecular complexity index is 487. The van der Waals surface area contributed by atoms with Crippen molar-refractivity contribution in [3.05, 3.63) is 46.4 Å². The molecule has 0 aliphatic rings. The van der Waals surface area contributed by atoms with E-state index >= 15 is 0 Å². The molecule has 96 valence electrons. The van der Waals surface area contributed by atoms with Crippen LogP contribution in [0.15, 0.2) is 35.1 Å². The molecule has 4 nitrogen and oxygen atoms in total. The van der Waals surface area contributed by atoms with Crippen LogP contribution < -0.4 is 5.32 Å². The molecule has 0 spiro atoms. The maximum Gasteiger partial charge on any atom is 0.123 e. The van der Waals surface area contributed by atoms with Gasteiger partial charge < -0.3 is 5.32 Å². The van der Waals surface area contributed by atoms with Crippen molar-refractivity contribution < 1.29 is 4.39 Å². The molecule has 2 rings (SSSR count). The zero-order chi connectivity index (χ0) is 12.8. The van der Waals surface area contributed by atoms with Gasteiger partial charge in [0.05, 0.1) is 6.20 Å². The summed E-state index contributed by atoms with van der Waals surface area (Å²) in [5.41, 5.74) is 0.927. The van der Waals surface area contributed by atoms with E-state index in [0.29, 0.717) is 6.54 Å². The van der Waals surface area contributed by atoms with E-state index in [-0.39, 0.29) is 5.82 Å². The lowest BCUT2D eigenvalue weighted by Gasteiger charge is -2.07. The molecule has 0 aliphatic carbocycles. The summed E-state index contributed by atoms with van der Waals surface area (Å²) in [6.07, 6.45) is 4.46. The molecule has 0 saturated carbocycles. The number of aryl methyl sites for hydroxylation is 1. The van der Waals surface area contributed by atoms with E-state index in [2.05, 4.69) is 31.6 Å². The van der Waals surface area contributed by atoms with Gasteiger partial charge in [-0.1, -0.05) is 21.1 Å². The molecule has 1 aromatic heterocycles. The van der Waals surface area contributed by atoms with Crippen molar-refractivity contribution in [2.45, 2.75) is 19.5 Å². The summed E-state index contributed by atoms with van der Waals surface area (Å²) < 4.78 is 15.8. The van der Waals surface area contributed by atoms with Crippen molar-refractivity contribution in [3.8, 4) is 0 Å². The van der Waals surface area contributed by atoms with Gasteiger partial charge in [0.2, 0.25) is 0 Å². The van der Waals surface area contributed by atoms with Gasteiger partial charge in [0.15, 0.2) is 0 Å². The van der Waals surface area contributed by atoms with Gasteiger partial charge in [-0.05, 0) is 36.7 Å². The smallest absolute Gasteiger partial charge is 0.123 e. The summed E-state index contributed by atoms with van der Waals surface area (Å²) in [5.74, 6) is -0.211. The summed E-state index contributed by atoms with van der Waals surface area (Å²) in [7, 11) is 0. The molecule has 0 amide bonds. The van der Waals surface area contributed by atoms with Gasteiger partial charge in [-0.25, -0.2) is 4.39 Å². The van der Waals surface area contributed by atoms with Crippen LogP contribution in [-0.4, -0.2) is 21.5 Å². The van der Waals surface area contributed by atoms with Crippen LogP contribution in [0.5, 0.6) is 0 Å². The molecule has 0 fully saturated rings. The first-order valence-electron chi connectivity index (χ1n) is 5.74. The van der Waals surface area contributed by atoms with Crippen LogP contribution in [0.2, 0.25) is 0 Å². The molecule has 2 aromatic rings. The Morgan fingerprint density at radius 2 is 2.28 bits per heavy atom. The maximum atomic E-state index is 13.0. The molecule has 6 heteroatoms. The van der Waals surface area contributed by atoms with Crippen LogP contribution in [0.4, 0.5) is 4.39 Å². The van der Waals surface area contributed by atoms with E-state index in [1.807, 2.05) is 6.20 Å². The predicted octanol–water partition coefficient (Wildman–Crippen LogP) is 2.36. The molecule has 0 saturated heterocycles. The van der Waals surface area contributed by atoms with E-state index in [1.165, 1.54) is 12.1 Å². The quantitative estimate of drug-likeness (QED) is 0.833. The minimum Gasteiger partial charge on any atom is -0.313 e. The second-order valence-corrected chi connectivity index (χ2v) is 4.79. The normalized spacial score (nSPS) is 10.8. The lowest BCUT2D eigenvalue weighted by atomic mass is 10.2. The molecular weight excluding hydrogens is 299 g/mol. The van der Waals surface area contributed by atoms with Crippen LogP contribution >= 0.6 is 15.9 Å². The van der Waals surface area contributed by atoms with Gasteiger partial charge >= 0.3 is 0 Å². The van der Waals surface area contributed by atoms with Crippen LogP contribution in [0.1, 0.15) is 12.0 Å². The first kappa shape index (κ1) is 13.2. The fourth-order valence-corrected chi connectivity index (χ4v) is 2.01. The monoisotopic (exact) mass is 312 g/mol. The standard InChI is InChI=1S/C12H14BrFN4/c13-12-3-2-11(14)8-10(12)9-15-4-1-6-18-7-5-16-17-18/h2-3,5,7-8,15H,1,4,6,9H2. The van der Waals surface area contributed by atoms with Crippen molar-refractivity contribution in [3.63, 3.8) is 0 Å². The molecule has 0 aliphatic heterocycles. The molecule has 0 unspecified atom stereocenters. The third-order valence-electron chi connectivity index (χ3n) is 2.54. The van der Waals surface area contributed by atoms with Crippen molar-refractivity contribution in [1.82, 2.24) is 20.3 Å². The molecule has 0 bridgehead atoms. The first-order chi connectivity index (χ1) is 8.75. The molecule has 0 atom stereocenters. The Labute approximate surface area is 113 Å². The van der Waals surface area contributed by atoms with Gasteiger partial charge in [-0.3, -0.25) is 4.68 Å². The Hall–Kier alpha value is -1.27. The fourth-order valence-electron chi connectivity index (χ4n) is 1.62. The van der Waals surface area contributed by atoms with E-state index in [0.717, 1.165) is 29.5 Å². The van der Waals surface area contributed by atoms with Gasteiger partial charge in [-0.2, -0.15) is 0 Å². The summed E-state index contributed by atoms with van der Waals surface area (Å²) in [5, 5.41) is 10.9. The third-order valence-corrected chi connectivity index (χ3v) is 3.31. The summed E-state index contributed by atoms with van der Waals surface area (Å²) >= 11 is 3.40. The topological polar surface area (TPSA) is 42.7 Å². The lowest BCUT2D eigenvalue weighted by molar-refractivity contribution is 0.529. The number of hydrogen-bond acceptors (Lipinski definition) is 3. The average molecular weight is 313 g/mol. The number of benzene rings is 1. The summed E-state index contributed by atoms with van der Waals surface area (Å²) in [6.45, 7) is 2.33. The van der Waals surface area contributed by atoms with Gasteiger partial charge in [-0.15, -0.1) is 5.10 Å². The fraction of sp³-hybridized carbons (Fsp3) is 0.333. The Balaban J connectivity index is 1.70. The second kappa shape index (κ2) is 6.61. The highest BCUT2D eigenvalue weighted by Gasteiger charge is 2.01. The molecule has 1 aromatic carbocycles. The van der Waals surface area contributed by atoms with Crippen LogP contribution in [-0.2, 0) is 13.1 Å². The largest absolute Gasteiger partial charge is 0.313 e. The van der Waals surface area contributed by atoms with Crippen molar-refractivity contribution >= 4 is 15.9 Å². The zero-order valence-corrected chi connectivity index (χ0v) is 11.4. The number of nitrogens with zero attached hydrogens (tertiary/aromatic N) is 3. The third kappa shape index (κ3) is 3.89. The Morgan fingerprint density at radius 3 is 3.06 bits per heavy atom. The highest BCUT2D eigenvalue weighted by Crippen LogP contribution is 2.17. The summed E-state index contributed by atoms with van der Waals surface area (Å²) in [6, 6.07) is 4.70. The van der Waals surface area contributed by atoms with Crippen molar-refractivity contribution in [2.75, 3.05) is 6.54 Å². The van der Waals surface area contributed by atoms with Crippen LogP contribution in [0, 0.1) is 5.82 Å². The zero-order valence-electron chi connectivity index (χ0n) is 9.81. The highest BCUT2D eigenvalue weighted by molar-refractivity contribution is 9.10. The number of hydrogen-bond donors (Lipinski definition) is 1. The average Bonchev–Trinajstić information content (AvgIpc) is 2.86. The minimum atomic E-state index is -0.211. The number of rotatable bonds is 6. The van der Waals surface area contributed by atoms with Crippen LogP contribution in [0.3, 0.4) is 0 Å². The predicted molar refractivity (Wildman–Crippen MR) is 70.4 cm³/mol. The second-order valence-electron chi connectivity index (χ2n) is 3.93. The first-order valence-corrected chi connectivity index (χ1v) is 6.54. The molecular formula is C12H14BrFN4. The summed E-state index contributed by atoms with van der Waals surface area (Å²) in [4.78, 5) is 0. The van der Waals surface area contributed by atoms with E-state index in [1.54, 1.807) is 16.9 Å². The van der Waals surface area contributed by atoms with Crippen molar-refractivity contribution in [2.24, 2.45) is 0 Å². The van der Waals surface area contributed by atoms with E-state index in [4.69, 9.17) is 0 Å². The SMILES string of the molecule is Fc1ccc(Br)c(CNCCCn2ccnn2)c1. The highest BCUT2D eigenvalue weighted by atomic mass is 79.9. The Morgan fingerprint density at radius 1 is 1.39 bits per heavy atom. The molecule has 18 heavy (non-hydrogen) atoms.